The van der Waals surface area contributed by atoms with E-state index in [-0.39, 0.29) is 10.6 Å². The maximum absolute atomic E-state index is 12.2. The van der Waals surface area contributed by atoms with E-state index in [1.807, 2.05) is 0 Å². The van der Waals surface area contributed by atoms with E-state index in [4.69, 9.17) is 5.73 Å². The Hall–Kier alpha value is -2.13. The van der Waals surface area contributed by atoms with Gasteiger partial charge in [-0.3, -0.25) is 4.68 Å². The molecule has 3 N–H and O–H groups in total. The van der Waals surface area contributed by atoms with Crippen LogP contribution in [0.2, 0.25) is 0 Å². The van der Waals surface area contributed by atoms with Crippen molar-refractivity contribution in [3.8, 4) is 0 Å². The van der Waals surface area contributed by atoms with E-state index in [0.29, 0.717) is 18.8 Å². The molecule has 114 valence electrons. The van der Waals surface area contributed by atoms with E-state index < -0.39 is 10.0 Å². The van der Waals surface area contributed by atoms with Crippen LogP contribution in [0.3, 0.4) is 0 Å². The third-order valence-electron chi connectivity index (χ3n) is 2.95. The molecule has 0 aliphatic rings. The summed E-state index contributed by atoms with van der Waals surface area (Å²) < 4.78 is 27.1. The number of nitrogen functional groups attached to an aromatic ring is 1. The van der Waals surface area contributed by atoms with Gasteiger partial charge in [0.1, 0.15) is 4.90 Å². The topological polar surface area (TPSA) is 106 Å². The molecule has 0 saturated carbocycles. The highest BCUT2D eigenvalue weighted by Crippen LogP contribution is 2.27. The highest BCUT2D eigenvalue weighted by molar-refractivity contribution is 7.89. The van der Waals surface area contributed by atoms with E-state index in [1.54, 1.807) is 29.2 Å². The minimum Gasteiger partial charge on any atom is -0.396 e. The Morgan fingerprint density at radius 3 is 2.76 bits per heavy atom. The normalized spacial score (nSPS) is 11.8. The van der Waals surface area contributed by atoms with Gasteiger partial charge in [0.2, 0.25) is 10.0 Å². The standard InChI is InChI=1S/C12H18N6O2S/c1-17(2)21(19,20)11-5-3-4-10(12(11)13)14-6-8-18-9-7-15-16-18/h3-5,7,9,14H,6,8,13H2,1-2H3. The van der Waals surface area contributed by atoms with Crippen LogP contribution < -0.4 is 11.1 Å². The Balaban J connectivity index is 2.14. The molecular formula is C12H18N6O2S. The molecular weight excluding hydrogens is 292 g/mol. The maximum atomic E-state index is 12.2. The van der Waals surface area contributed by atoms with Gasteiger partial charge in [-0.05, 0) is 12.1 Å². The number of nitrogens with zero attached hydrogens (tertiary/aromatic N) is 4. The van der Waals surface area contributed by atoms with Crippen molar-refractivity contribution >= 4 is 21.4 Å². The minimum absolute atomic E-state index is 0.0956. The van der Waals surface area contributed by atoms with Crippen molar-refractivity contribution in [3.63, 3.8) is 0 Å². The second kappa shape index (κ2) is 6.10. The SMILES string of the molecule is CN(C)S(=O)(=O)c1cccc(NCCn2ccnn2)c1N. The number of aromatic nitrogens is 3. The highest BCUT2D eigenvalue weighted by atomic mass is 32.2. The summed E-state index contributed by atoms with van der Waals surface area (Å²) in [6.45, 7) is 1.16. The number of rotatable bonds is 6. The van der Waals surface area contributed by atoms with Gasteiger partial charge in [-0.15, -0.1) is 5.10 Å². The molecule has 8 nitrogen and oxygen atoms in total. The fourth-order valence-corrected chi connectivity index (χ4v) is 2.81. The Morgan fingerprint density at radius 2 is 2.14 bits per heavy atom. The smallest absolute Gasteiger partial charge is 0.244 e. The number of sulfonamides is 1. The van der Waals surface area contributed by atoms with Crippen molar-refractivity contribution in [2.24, 2.45) is 0 Å². The number of hydrogen-bond acceptors (Lipinski definition) is 6. The lowest BCUT2D eigenvalue weighted by atomic mass is 10.2. The van der Waals surface area contributed by atoms with Gasteiger partial charge in [0.05, 0.1) is 24.1 Å². The van der Waals surface area contributed by atoms with Crippen LogP contribution in [0.5, 0.6) is 0 Å². The van der Waals surface area contributed by atoms with Crippen LogP contribution in [-0.2, 0) is 16.6 Å². The zero-order valence-electron chi connectivity index (χ0n) is 11.9. The minimum atomic E-state index is -3.56. The van der Waals surface area contributed by atoms with Gasteiger partial charge >= 0.3 is 0 Å². The van der Waals surface area contributed by atoms with Crippen LogP contribution in [0.15, 0.2) is 35.5 Å². The van der Waals surface area contributed by atoms with Crippen molar-refractivity contribution in [2.75, 3.05) is 31.7 Å². The number of nitrogens with two attached hydrogens (primary N) is 1. The molecule has 0 atom stereocenters. The predicted molar refractivity (Wildman–Crippen MR) is 80.2 cm³/mol. The molecule has 0 aliphatic carbocycles. The Labute approximate surface area is 123 Å². The van der Waals surface area contributed by atoms with Crippen LogP contribution in [-0.4, -0.2) is 48.4 Å². The number of benzene rings is 1. The lowest BCUT2D eigenvalue weighted by Gasteiger charge is -2.16. The fourth-order valence-electron chi connectivity index (χ4n) is 1.78. The zero-order chi connectivity index (χ0) is 15.5. The lowest BCUT2D eigenvalue weighted by Crippen LogP contribution is -2.23. The number of hydrogen-bond donors (Lipinski definition) is 2. The van der Waals surface area contributed by atoms with Gasteiger partial charge in [-0.25, -0.2) is 12.7 Å². The first-order chi connectivity index (χ1) is 9.93. The van der Waals surface area contributed by atoms with Gasteiger partial charge < -0.3 is 11.1 Å². The molecule has 9 heteroatoms. The summed E-state index contributed by atoms with van der Waals surface area (Å²) in [6.07, 6.45) is 3.34. The van der Waals surface area contributed by atoms with Crippen molar-refractivity contribution in [1.82, 2.24) is 19.3 Å². The van der Waals surface area contributed by atoms with Gasteiger partial charge in [0.15, 0.2) is 0 Å². The first-order valence-corrected chi connectivity index (χ1v) is 7.76. The van der Waals surface area contributed by atoms with Gasteiger partial charge in [0, 0.05) is 26.8 Å². The van der Waals surface area contributed by atoms with Crippen LogP contribution in [0.1, 0.15) is 0 Å². The highest BCUT2D eigenvalue weighted by Gasteiger charge is 2.21. The second-order valence-electron chi connectivity index (χ2n) is 4.60. The first-order valence-electron chi connectivity index (χ1n) is 6.32. The van der Waals surface area contributed by atoms with Gasteiger partial charge in [-0.2, -0.15) is 0 Å². The third kappa shape index (κ3) is 3.31. The molecule has 0 aliphatic heterocycles. The largest absolute Gasteiger partial charge is 0.396 e. The predicted octanol–water partition coefficient (Wildman–Crippen LogP) is 0.223. The Bertz CT molecular complexity index is 697. The molecule has 0 amide bonds. The second-order valence-corrected chi connectivity index (χ2v) is 6.72. The fraction of sp³-hybridized carbons (Fsp3) is 0.333. The van der Waals surface area contributed by atoms with Crippen LogP contribution >= 0.6 is 0 Å². The summed E-state index contributed by atoms with van der Waals surface area (Å²) in [5.41, 5.74) is 6.76. The van der Waals surface area contributed by atoms with Crippen molar-refractivity contribution in [2.45, 2.75) is 11.4 Å². The summed E-state index contributed by atoms with van der Waals surface area (Å²) in [5.74, 6) is 0. The molecule has 0 radical (unpaired) electrons. The molecule has 1 heterocycles. The summed E-state index contributed by atoms with van der Waals surface area (Å²) in [5, 5.41) is 10.7. The van der Waals surface area contributed by atoms with Crippen LogP contribution in [0, 0.1) is 0 Å². The first kappa shape index (κ1) is 15.3. The van der Waals surface area contributed by atoms with E-state index in [2.05, 4.69) is 15.6 Å². The molecule has 0 bridgehead atoms. The zero-order valence-corrected chi connectivity index (χ0v) is 12.7. The lowest BCUT2D eigenvalue weighted by molar-refractivity contribution is 0.521. The quantitative estimate of drug-likeness (QED) is 0.739. The van der Waals surface area contributed by atoms with E-state index in [9.17, 15) is 8.42 Å². The van der Waals surface area contributed by atoms with Crippen LogP contribution in [0.25, 0.3) is 0 Å². The number of para-hydroxylation sites is 1. The third-order valence-corrected chi connectivity index (χ3v) is 4.83. The molecule has 0 fully saturated rings. The summed E-state index contributed by atoms with van der Waals surface area (Å²) in [4.78, 5) is 0.0956. The average molecular weight is 310 g/mol. The molecule has 1 aromatic carbocycles. The van der Waals surface area contributed by atoms with Crippen molar-refractivity contribution in [1.29, 1.82) is 0 Å². The van der Waals surface area contributed by atoms with Gasteiger partial charge in [0.25, 0.3) is 0 Å². The summed E-state index contributed by atoms with van der Waals surface area (Å²) in [6, 6.07) is 4.89. The molecule has 21 heavy (non-hydrogen) atoms. The number of anilines is 2. The summed E-state index contributed by atoms with van der Waals surface area (Å²) >= 11 is 0. The molecule has 2 aromatic rings. The van der Waals surface area contributed by atoms with Crippen molar-refractivity contribution < 1.29 is 8.42 Å². The molecule has 0 unspecified atom stereocenters. The van der Waals surface area contributed by atoms with Crippen molar-refractivity contribution in [3.05, 3.63) is 30.6 Å². The van der Waals surface area contributed by atoms with E-state index >= 15 is 0 Å². The number of nitrogens with one attached hydrogen (secondary N) is 1. The molecule has 0 spiro atoms. The van der Waals surface area contributed by atoms with Gasteiger partial charge in [-0.1, -0.05) is 11.3 Å². The molecule has 1 aromatic heterocycles. The van der Waals surface area contributed by atoms with E-state index in [1.165, 1.54) is 20.2 Å². The molecule has 0 saturated heterocycles. The summed E-state index contributed by atoms with van der Waals surface area (Å²) in [7, 11) is -0.614. The monoisotopic (exact) mass is 310 g/mol. The Kier molecular flexibility index (Phi) is 4.43. The maximum Gasteiger partial charge on any atom is 0.244 e. The van der Waals surface area contributed by atoms with Crippen LogP contribution in [0.4, 0.5) is 11.4 Å². The Morgan fingerprint density at radius 1 is 1.38 bits per heavy atom. The molecule has 2 rings (SSSR count). The van der Waals surface area contributed by atoms with E-state index in [0.717, 1.165) is 4.31 Å². The average Bonchev–Trinajstić information content (AvgIpc) is 2.93.